The minimum absolute atomic E-state index is 0.0498. The van der Waals surface area contributed by atoms with Crippen LogP contribution in [0.1, 0.15) is 96.6 Å². The molecule has 3 aromatic rings. The van der Waals surface area contributed by atoms with E-state index >= 15 is 0 Å². The summed E-state index contributed by atoms with van der Waals surface area (Å²) in [6, 6.07) is 19.4. The molecule has 2 saturated carbocycles. The number of hydrogen-bond donors (Lipinski definition) is 1. The van der Waals surface area contributed by atoms with Crippen molar-refractivity contribution in [2.24, 2.45) is 0 Å². The minimum atomic E-state index is 0.0498. The summed E-state index contributed by atoms with van der Waals surface area (Å²) in [7, 11) is 0. The third-order valence-corrected chi connectivity index (χ3v) is 8.27. The normalized spacial score (nSPS) is 24.0. The van der Waals surface area contributed by atoms with Crippen LogP contribution in [0.3, 0.4) is 0 Å². The average molecular weight is 499 g/mol. The van der Waals surface area contributed by atoms with Crippen LogP contribution in [-0.2, 0) is 0 Å². The Morgan fingerprint density at radius 3 is 1.35 bits per heavy atom. The summed E-state index contributed by atoms with van der Waals surface area (Å²) in [6.07, 6.45) is 9.07. The van der Waals surface area contributed by atoms with E-state index in [1.165, 1.54) is 46.2 Å². The van der Waals surface area contributed by atoms with Crippen LogP contribution in [-0.4, -0.2) is 17.3 Å². The van der Waals surface area contributed by atoms with Gasteiger partial charge in [-0.1, -0.05) is 77.6 Å². The Hall–Kier alpha value is -2.94. The highest BCUT2D eigenvalue weighted by molar-refractivity contribution is 5.50. The number of ether oxygens (including phenoxy) is 2. The van der Waals surface area contributed by atoms with Gasteiger partial charge in [0.15, 0.2) is 11.5 Å². The van der Waals surface area contributed by atoms with Gasteiger partial charge in [0, 0.05) is 11.8 Å². The maximum absolute atomic E-state index is 11.3. The van der Waals surface area contributed by atoms with Crippen LogP contribution in [0.5, 0.6) is 17.2 Å². The molecule has 0 aromatic heterocycles. The smallest absolute Gasteiger partial charge is 0.200 e. The summed E-state index contributed by atoms with van der Waals surface area (Å²) in [6.45, 7) is 8.66. The number of phenolic OH excluding ortho intramolecular Hbond substituents is 1. The summed E-state index contributed by atoms with van der Waals surface area (Å²) in [5.41, 5.74) is 7.89. The maximum Gasteiger partial charge on any atom is 0.200 e. The van der Waals surface area contributed by atoms with Crippen LogP contribution in [0, 0.1) is 27.7 Å². The SMILES string of the molecule is Cc1cc(C)cc([C@H]2CCCC[C@@H]2Oc2cccc(O[C@@H]3CCCC[C@H]3c3cc(C)cc(C)c3)c2O)c1. The number of hydrogen-bond acceptors (Lipinski definition) is 3. The Bertz CT molecular complexity index is 1100. The molecule has 0 bridgehead atoms. The average Bonchev–Trinajstić information content (AvgIpc) is 2.86. The standard InChI is InChI=1S/C34H42O3/c1-22-16-23(2)19-26(18-22)28-10-5-7-12-30(28)36-32-14-9-15-33(34(32)35)37-31-13-8-6-11-29(31)27-20-24(3)17-25(4)21-27/h9,14-21,28-31,35H,5-8,10-13H2,1-4H3/t28-,29+,30+,31-. The van der Waals surface area contributed by atoms with Gasteiger partial charge in [0.05, 0.1) is 0 Å². The third kappa shape index (κ3) is 5.98. The molecule has 196 valence electrons. The predicted octanol–water partition coefficient (Wildman–Crippen LogP) is 8.84. The first-order chi connectivity index (χ1) is 17.9. The monoisotopic (exact) mass is 498 g/mol. The van der Waals surface area contributed by atoms with E-state index in [1.54, 1.807) is 0 Å². The molecule has 0 heterocycles. The third-order valence-electron chi connectivity index (χ3n) is 8.27. The summed E-state index contributed by atoms with van der Waals surface area (Å²) in [5.74, 6) is 1.89. The van der Waals surface area contributed by atoms with Crippen LogP contribution in [0.4, 0.5) is 0 Å². The number of benzene rings is 3. The minimum Gasteiger partial charge on any atom is -0.502 e. The highest BCUT2D eigenvalue weighted by Crippen LogP contribution is 2.44. The van der Waals surface area contributed by atoms with Crippen molar-refractivity contribution in [2.45, 2.75) is 103 Å². The second-order valence-corrected chi connectivity index (χ2v) is 11.5. The molecule has 0 aliphatic heterocycles. The van der Waals surface area contributed by atoms with Crippen molar-refractivity contribution in [3.8, 4) is 17.2 Å². The van der Waals surface area contributed by atoms with E-state index in [4.69, 9.17) is 9.47 Å². The van der Waals surface area contributed by atoms with Crippen molar-refractivity contribution < 1.29 is 14.6 Å². The van der Waals surface area contributed by atoms with Crippen LogP contribution < -0.4 is 9.47 Å². The van der Waals surface area contributed by atoms with Gasteiger partial charge in [-0.25, -0.2) is 0 Å². The van der Waals surface area contributed by atoms with Gasteiger partial charge >= 0.3 is 0 Å². The lowest BCUT2D eigenvalue weighted by molar-refractivity contribution is 0.114. The molecule has 0 saturated heterocycles. The van der Waals surface area contributed by atoms with Crippen LogP contribution >= 0.6 is 0 Å². The van der Waals surface area contributed by atoms with Gasteiger partial charge in [-0.15, -0.1) is 0 Å². The second kappa shape index (κ2) is 11.2. The molecule has 4 atom stereocenters. The molecule has 0 unspecified atom stereocenters. The molecule has 0 amide bonds. The van der Waals surface area contributed by atoms with Crippen molar-refractivity contribution in [1.82, 2.24) is 0 Å². The lowest BCUT2D eigenvalue weighted by Gasteiger charge is -2.34. The van der Waals surface area contributed by atoms with Crippen molar-refractivity contribution in [3.63, 3.8) is 0 Å². The van der Waals surface area contributed by atoms with Crippen molar-refractivity contribution in [1.29, 1.82) is 0 Å². The van der Waals surface area contributed by atoms with Gasteiger partial charge in [-0.2, -0.15) is 0 Å². The lowest BCUT2D eigenvalue weighted by atomic mass is 9.80. The van der Waals surface area contributed by atoms with E-state index in [9.17, 15) is 5.11 Å². The van der Waals surface area contributed by atoms with Gasteiger partial charge in [-0.05, 0) is 89.5 Å². The topological polar surface area (TPSA) is 38.7 Å². The highest BCUT2D eigenvalue weighted by atomic mass is 16.5. The van der Waals surface area contributed by atoms with E-state index in [0.29, 0.717) is 23.3 Å². The quantitative estimate of drug-likeness (QED) is 0.369. The molecule has 2 fully saturated rings. The summed E-state index contributed by atoms with van der Waals surface area (Å²) < 4.78 is 13.2. The Morgan fingerprint density at radius 2 is 0.946 bits per heavy atom. The largest absolute Gasteiger partial charge is 0.502 e. The van der Waals surface area contributed by atoms with E-state index < -0.39 is 0 Å². The molecular weight excluding hydrogens is 456 g/mol. The van der Waals surface area contributed by atoms with Crippen LogP contribution in [0.2, 0.25) is 0 Å². The number of phenols is 1. The van der Waals surface area contributed by atoms with Gasteiger partial charge in [0.2, 0.25) is 5.75 Å². The molecule has 3 heteroatoms. The number of para-hydroxylation sites is 1. The first-order valence-corrected chi connectivity index (χ1v) is 14.2. The van der Waals surface area contributed by atoms with E-state index in [0.717, 1.165) is 38.5 Å². The number of aromatic hydroxyl groups is 1. The number of rotatable bonds is 6. The van der Waals surface area contributed by atoms with Gasteiger partial charge in [0.25, 0.3) is 0 Å². The lowest BCUT2D eigenvalue weighted by Crippen LogP contribution is -2.29. The fourth-order valence-corrected chi connectivity index (χ4v) is 6.70. The first kappa shape index (κ1) is 25.7. The van der Waals surface area contributed by atoms with Crippen molar-refractivity contribution in [3.05, 3.63) is 88.0 Å². The number of aryl methyl sites for hydroxylation is 4. The first-order valence-electron chi connectivity index (χ1n) is 14.2. The van der Waals surface area contributed by atoms with E-state index in [-0.39, 0.29) is 18.0 Å². The molecule has 37 heavy (non-hydrogen) atoms. The molecule has 5 rings (SSSR count). The second-order valence-electron chi connectivity index (χ2n) is 11.5. The Morgan fingerprint density at radius 1 is 0.568 bits per heavy atom. The molecule has 0 spiro atoms. The summed E-state index contributed by atoms with van der Waals surface area (Å²) >= 11 is 0. The fourth-order valence-electron chi connectivity index (χ4n) is 6.70. The molecule has 3 nitrogen and oxygen atoms in total. The molecule has 0 radical (unpaired) electrons. The fraction of sp³-hybridized carbons (Fsp3) is 0.471. The van der Waals surface area contributed by atoms with Crippen LogP contribution in [0.15, 0.2) is 54.6 Å². The summed E-state index contributed by atoms with van der Waals surface area (Å²) in [5, 5.41) is 11.3. The van der Waals surface area contributed by atoms with Gasteiger partial charge < -0.3 is 14.6 Å². The zero-order valence-corrected chi connectivity index (χ0v) is 22.9. The van der Waals surface area contributed by atoms with Gasteiger partial charge in [0.1, 0.15) is 12.2 Å². The Kier molecular flexibility index (Phi) is 7.79. The molecule has 2 aliphatic rings. The molecular formula is C34H42O3. The zero-order chi connectivity index (χ0) is 25.9. The molecule has 3 aromatic carbocycles. The van der Waals surface area contributed by atoms with Crippen molar-refractivity contribution >= 4 is 0 Å². The van der Waals surface area contributed by atoms with Crippen LogP contribution in [0.25, 0.3) is 0 Å². The zero-order valence-electron chi connectivity index (χ0n) is 22.9. The highest BCUT2D eigenvalue weighted by Gasteiger charge is 2.32. The Labute approximate surface area is 222 Å². The maximum atomic E-state index is 11.3. The van der Waals surface area contributed by atoms with E-state index in [2.05, 4.69) is 64.1 Å². The molecule has 1 N–H and O–H groups in total. The van der Waals surface area contributed by atoms with Gasteiger partial charge in [-0.3, -0.25) is 0 Å². The predicted molar refractivity (Wildman–Crippen MR) is 151 cm³/mol. The van der Waals surface area contributed by atoms with Crippen molar-refractivity contribution in [2.75, 3.05) is 0 Å². The molecule has 2 aliphatic carbocycles. The summed E-state index contributed by atoms with van der Waals surface area (Å²) in [4.78, 5) is 0. The van der Waals surface area contributed by atoms with E-state index in [1.807, 2.05) is 18.2 Å². The Balaban J connectivity index is 1.36.